The van der Waals surface area contributed by atoms with Crippen molar-refractivity contribution in [1.82, 2.24) is 4.57 Å². The summed E-state index contributed by atoms with van der Waals surface area (Å²) in [6.45, 7) is 0. The first-order valence-electron chi connectivity index (χ1n) is 10.7. The smallest absolute Gasteiger partial charge is 0.0659 e. The van der Waals surface area contributed by atoms with Crippen molar-refractivity contribution < 1.29 is 0 Å². The zero-order chi connectivity index (χ0) is 23.5. The highest BCUT2D eigenvalue weighted by molar-refractivity contribution is 6.35. The fourth-order valence-corrected chi connectivity index (χ4v) is 4.60. The summed E-state index contributed by atoms with van der Waals surface area (Å²) in [5.74, 6) is 0. The van der Waals surface area contributed by atoms with Crippen molar-refractivity contribution in [3.05, 3.63) is 130 Å². The molecule has 0 spiro atoms. The van der Waals surface area contributed by atoms with Crippen LogP contribution >= 0.6 is 34.8 Å². The van der Waals surface area contributed by atoms with E-state index in [2.05, 4.69) is 34.9 Å². The Morgan fingerprint density at radius 2 is 1.18 bits per heavy atom. The van der Waals surface area contributed by atoms with E-state index in [0.29, 0.717) is 20.8 Å². The average molecular weight is 502 g/mol. The minimum Gasteiger partial charge on any atom is -0.309 e. The summed E-state index contributed by atoms with van der Waals surface area (Å²) in [6.07, 6.45) is 1.86. The Hall–Kier alpha value is -3.30. The molecular weight excluding hydrogens is 483 g/mol. The lowest BCUT2D eigenvalue weighted by Gasteiger charge is -2.15. The van der Waals surface area contributed by atoms with Gasteiger partial charge in [-0.25, -0.2) is 0 Å². The zero-order valence-corrected chi connectivity index (χ0v) is 20.3. The first-order chi connectivity index (χ1) is 16.6. The van der Waals surface area contributed by atoms with Crippen molar-refractivity contribution in [1.29, 1.82) is 0 Å². The van der Waals surface area contributed by atoms with Gasteiger partial charge in [-0.2, -0.15) is 0 Å². The van der Waals surface area contributed by atoms with Gasteiger partial charge in [0.2, 0.25) is 0 Å². The summed E-state index contributed by atoms with van der Waals surface area (Å²) in [5, 5.41) is 1.79. The second-order valence-corrected chi connectivity index (χ2v) is 9.07. The molecule has 0 saturated heterocycles. The van der Waals surface area contributed by atoms with E-state index in [-0.39, 0.29) is 0 Å². The van der Waals surface area contributed by atoms with E-state index in [1.807, 2.05) is 66.9 Å². The second kappa shape index (κ2) is 9.90. The molecule has 0 bridgehead atoms. The molecule has 0 fully saturated rings. The molecule has 5 aromatic rings. The molecular formula is C29H19Cl3N2. The number of rotatable bonds is 5. The van der Waals surface area contributed by atoms with Gasteiger partial charge in [-0.1, -0.05) is 95.5 Å². The van der Waals surface area contributed by atoms with Gasteiger partial charge in [0.25, 0.3) is 0 Å². The van der Waals surface area contributed by atoms with Gasteiger partial charge in [-0.15, -0.1) is 0 Å². The van der Waals surface area contributed by atoms with Crippen LogP contribution in [0.3, 0.4) is 0 Å². The lowest BCUT2D eigenvalue weighted by atomic mass is 10.1. The van der Waals surface area contributed by atoms with Crippen LogP contribution in [0.2, 0.25) is 15.1 Å². The molecule has 1 heterocycles. The summed E-state index contributed by atoms with van der Waals surface area (Å²) >= 11 is 18.6. The summed E-state index contributed by atoms with van der Waals surface area (Å²) in [4.78, 5) is 4.71. The lowest BCUT2D eigenvalue weighted by Crippen LogP contribution is -2.00. The molecule has 0 radical (unpaired) electrons. The topological polar surface area (TPSA) is 17.3 Å². The predicted molar refractivity (Wildman–Crippen MR) is 145 cm³/mol. The van der Waals surface area contributed by atoms with E-state index < -0.39 is 0 Å². The van der Waals surface area contributed by atoms with Crippen molar-refractivity contribution in [3.63, 3.8) is 0 Å². The van der Waals surface area contributed by atoms with E-state index in [9.17, 15) is 0 Å². The molecule has 5 heteroatoms. The maximum absolute atomic E-state index is 6.21. The Morgan fingerprint density at radius 1 is 0.588 bits per heavy atom. The Labute approximate surface area is 213 Å². The standard InChI is InChI=1S/C29H19Cl3N2/c30-23-11-13-27(14-12-23)34-28(20-7-3-1-4-8-20)15-22(29(34)21-9-5-2-6-10-21)19-33-26-17-24(31)16-25(32)18-26/h1-19H. The van der Waals surface area contributed by atoms with Crippen LogP contribution in [-0.4, -0.2) is 10.8 Å². The summed E-state index contributed by atoms with van der Waals surface area (Å²) in [6, 6.07) is 35.9. The molecule has 0 amide bonds. The SMILES string of the molecule is Clc1ccc(-n2c(-c3ccccc3)cc(C=Nc3cc(Cl)cc(Cl)c3)c2-c2ccccc2)cc1. The molecule has 34 heavy (non-hydrogen) atoms. The predicted octanol–water partition coefficient (Wildman–Crippen LogP) is 9.52. The van der Waals surface area contributed by atoms with Gasteiger partial charge >= 0.3 is 0 Å². The van der Waals surface area contributed by atoms with Crippen molar-refractivity contribution in [2.24, 2.45) is 4.99 Å². The summed E-state index contributed by atoms with van der Waals surface area (Å²) in [7, 11) is 0. The van der Waals surface area contributed by atoms with Gasteiger partial charge in [0.15, 0.2) is 0 Å². The zero-order valence-electron chi connectivity index (χ0n) is 18.0. The molecule has 0 aliphatic carbocycles. The quantitative estimate of drug-likeness (QED) is 0.213. The van der Waals surface area contributed by atoms with Gasteiger partial charge in [-0.3, -0.25) is 4.99 Å². The molecule has 4 aromatic carbocycles. The Balaban J connectivity index is 1.77. The first kappa shape index (κ1) is 22.5. The third kappa shape index (κ3) is 4.80. The van der Waals surface area contributed by atoms with Crippen molar-refractivity contribution in [2.75, 3.05) is 0 Å². The van der Waals surface area contributed by atoms with Crippen LogP contribution in [0.1, 0.15) is 5.56 Å². The molecule has 0 aliphatic rings. The Bertz CT molecular complexity index is 1440. The third-order valence-electron chi connectivity index (χ3n) is 5.43. The third-order valence-corrected chi connectivity index (χ3v) is 6.12. The molecule has 1 aromatic heterocycles. The number of aromatic nitrogens is 1. The minimum atomic E-state index is 0.548. The maximum Gasteiger partial charge on any atom is 0.0659 e. The van der Waals surface area contributed by atoms with E-state index in [0.717, 1.165) is 33.8 Å². The van der Waals surface area contributed by atoms with E-state index in [1.165, 1.54) is 0 Å². The fraction of sp³-hybridized carbons (Fsp3) is 0. The number of hydrogen-bond donors (Lipinski definition) is 0. The largest absolute Gasteiger partial charge is 0.309 e. The van der Waals surface area contributed by atoms with Gasteiger partial charge in [-0.05, 0) is 59.7 Å². The highest BCUT2D eigenvalue weighted by atomic mass is 35.5. The molecule has 166 valence electrons. The van der Waals surface area contributed by atoms with Crippen LogP contribution in [0, 0.1) is 0 Å². The number of halogens is 3. The van der Waals surface area contributed by atoms with E-state index in [1.54, 1.807) is 18.2 Å². The highest BCUT2D eigenvalue weighted by Gasteiger charge is 2.18. The molecule has 2 nitrogen and oxygen atoms in total. The number of hydrogen-bond acceptors (Lipinski definition) is 1. The number of nitrogens with zero attached hydrogens (tertiary/aromatic N) is 2. The highest BCUT2D eigenvalue weighted by Crippen LogP contribution is 2.36. The van der Waals surface area contributed by atoms with Crippen molar-refractivity contribution in [2.45, 2.75) is 0 Å². The maximum atomic E-state index is 6.21. The molecule has 0 saturated carbocycles. The monoisotopic (exact) mass is 500 g/mol. The Kier molecular flexibility index (Phi) is 6.55. The van der Waals surface area contributed by atoms with Crippen LogP contribution in [0.25, 0.3) is 28.2 Å². The molecule has 0 atom stereocenters. The lowest BCUT2D eigenvalue weighted by molar-refractivity contribution is 1.09. The van der Waals surface area contributed by atoms with Crippen molar-refractivity contribution >= 4 is 46.7 Å². The Morgan fingerprint density at radius 3 is 1.79 bits per heavy atom. The van der Waals surface area contributed by atoms with Crippen LogP contribution in [0.4, 0.5) is 5.69 Å². The van der Waals surface area contributed by atoms with Crippen LogP contribution in [0.15, 0.2) is 114 Å². The van der Waals surface area contributed by atoms with Crippen LogP contribution in [-0.2, 0) is 0 Å². The number of benzene rings is 4. The second-order valence-electron chi connectivity index (χ2n) is 7.76. The minimum absolute atomic E-state index is 0.548. The average Bonchev–Trinajstić information content (AvgIpc) is 3.23. The van der Waals surface area contributed by atoms with Crippen LogP contribution in [0.5, 0.6) is 0 Å². The molecule has 0 unspecified atom stereocenters. The summed E-state index contributed by atoms with van der Waals surface area (Å²) < 4.78 is 2.24. The normalized spacial score (nSPS) is 11.3. The van der Waals surface area contributed by atoms with E-state index in [4.69, 9.17) is 39.8 Å². The number of aliphatic imine (C=N–C) groups is 1. The molecule has 0 N–H and O–H groups in total. The van der Waals surface area contributed by atoms with Gasteiger partial charge < -0.3 is 4.57 Å². The van der Waals surface area contributed by atoms with Gasteiger partial charge in [0.1, 0.15) is 0 Å². The van der Waals surface area contributed by atoms with Crippen molar-refractivity contribution in [3.8, 4) is 28.2 Å². The summed E-state index contributed by atoms with van der Waals surface area (Å²) in [5.41, 5.74) is 6.91. The first-order valence-corrected chi connectivity index (χ1v) is 11.8. The molecule has 0 aliphatic heterocycles. The van der Waals surface area contributed by atoms with E-state index >= 15 is 0 Å². The van der Waals surface area contributed by atoms with Gasteiger partial charge in [0, 0.05) is 32.5 Å². The van der Waals surface area contributed by atoms with Gasteiger partial charge in [0.05, 0.1) is 17.1 Å². The molecule has 5 rings (SSSR count). The fourth-order valence-electron chi connectivity index (χ4n) is 3.96. The van der Waals surface area contributed by atoms with Crippen LogP contribution < -0.4 is 0 Å².